The van der Waals surface area contributed by atoms with Crippen molar-refractivity contribution in [2.24, 2.45) is 10.8 Å². The van der Waals surface area contributed by atoms with Crippen molar-refractivity contribution in [3.8, 4) is 0 Å². The van der Waals surface area contributed by atoms with E-state index < -0.39 is 23.7 Å². The summed E-state index contributed by atoms with van der Waals surface area (Å²) in [5, 5.41) is 14.6. The molecule has 1 aliphatic carbocycles. The van der Waals surface area contributed by atoms with Crippen LogP contribution in [0.5, 0.6) is 0 Å². The third-order valence-electron chi connectivity index (χ3n) is 3.70. The SMILES string of the molecule is CC(C)(C)OC(=O)N[C@H](CCCCN=[N+]=[N-])C(=O)O.NC1CCCCC1. The van der Waals surface area contributed by atoms with Gasteiger partial charge < -0.3 is 20.9 Å². The number of nitrogens with zero attached hydrogens (tertiary/aromatic N) is 3. The van der Waals surface area contributed by atoms with E-state index in [9.17, 15) is 9.59 Å². The maximum Gasteiger partial charge on any atom is 0.408 e. The fourth-order valence-corrected chi connectivity index (χ4v) is 2.42. The third kappa shape index (κ3) is 14.4. The second kappa shape index (κ2) is 13.2. The summed E-state index contributed by atoms with van der Waals surface area (Å²) in [6, 6.07) is -0.463. The van der Waals surface area contributed by atoms with Gasteiger partial charge in [-0.3, -0.25) is 0 Å². The number of carboxylic acids is 1. The van der Waals surface area contributed by atoms with Crippen LogP contribution < -0.4 is 11.1 Å². The van der Waals surface area contributed by atoms with E-state index in [4.69, 9.17) is 21.1 Å². The molecule has 0 aromatic heterocycles. The molecular weight excluding hydrogens is 338 g/mol. The van der Waals surface area contributed by atoms with Crippen molar-refractivity contribution >= 4 is 12.1 Å². The minimum Gasteiger partial charge on any atom is -0.480 e. The van der Waals surface area contributed by atoms with Crippen molar-refractivity contribution < 1.29 is 19.4 Å². The Kier molecular flexibility index (Phi) is 12.2. The van der Waals surface area contributed by atoms with E-state index in [1.807, 2.05) is 0 Å². The maximum absolute atomic E-state index is 11.4. The largest absolute Gasteiger partial charge is 0.480 e. The van der Waals surface area contributed by atoms with Crippen LogP contribution in [-0.2, 0) is 9.53 Å². The fraction of sp³-hybridized carbons (Fsp3) is 0.882. The molecule has 0 aliphatic heterocycles. The number of carbonyl (C=O) groups excluding carboxylic acids is 1. The molecule has 0 saturated heterocycles. The van der Waals surface area contributed by atoms with Crippen LogP contribution in [0.25, 0.3) is 10.4 Å². The summed E-state index contributed by atoms with van der Waals surface area (Å²) in [6.07, 6.45) is 7.27. The number of nitrogens with two attached hydrogens (primary N) is 1. The number of hydrogen-bond donors (Lipinski definition) is 3. The number of nitrogens with one attached hydrogen (secondary N) is 1. The normalized spacial score (nSPS) is 15.7. The minimum absolute atomic E-state index is 0.259. The monoisotopic (exact) mass is 371 g/mol. The number of amides is 1. The van der Waals surface area contributed by atoms with Gasteiger partial charge in [0.25, 0.3) is 0 Å². The molecule has 0 radical (unpaired) electrons. The van der Waals surface area contributed by atoms with Crippen LogP contribution in [0.2, 0.25) is 0 Å². The molecule has 0 heterocycles. The smallest absolute Gasteiger partial charge is 0.408 e. The number of azide groups is 1. The van der Waals surface area contributed by atoms with Crippen LogP contribution in [-0.4, -0.2) is 41.4 Å². The molecule has 1 fully saturated rings. The topological polar surface area (TPSA) is 150 Å². The van der Waals surface area contributed by atoms with Gasteiger partial charge in [-0.1, -0.05) is 30.8 Å². The molecule has 1 atom stereocenters. The van der Waals surface area contributed by atoms with Crippen LogP contribution in [0, 0.1) is 0 Å². The molecule has 1 rings (SSSR count). The number of ether oxygens (including phenoxy) is 1. The standard InChI is InChI=1S/C11H20N4O4.C6H13N/c1-11(2,3)19-10(18)14-8(9(16)17)6-4-5-7-13-15-12;7-6-4-2-1-3-5-6/h8H,4-7H2,1-3H3,(H,14,18)(H,16,17);6H,1-5,7H2/t8-;/m1./s1. The Hall–Kier alpha value is -1.99. The minimum atomic E-state index is -1.12. The number of unbranched alkanes of at least 4 members (excludes halogenated alkanes) is 1. The van der Waals surface area contributed by atoms with E-state index >= 15 is 0 Å². The predicted molar refractivity (Wildman–Crippen MR) is 99.7 cm³/mol. The molecule has 0 unspecified atom stereocenters. The average molecular weight is 371 g/mol. The summed E-state index contributed by atoms with van der Waals surface area (Å²) < 4.78 is 4.98. The number of carbonyl (C=O) groups is 2. The van der Waals surface area contributed by atoms with Gasteiger partial charge in [0.1, 0.15) is 11.6 Å². The van der Waals surface area contributed by atoms with Crippen molar-refractivity contribution in [1.82, 2.24) is 5.32 Å². The molecule has 0 bridgehead atoms. The van der Waals surface area contributed by atoms with Gasteiger partial charge in [-0.05, 0) is 52.0 Å². The van der Waals surface area contributed by atoms with Crippen molar-refractivity contribution in [1.29, 1.82) is 0 Å². The Morgan fingerprint density at radius 1 is 1.31 bits per heavy atom. The van der Waals surface area contributed by atoms with E-state index in [-0.39, 0.29) is 6.42 Å². The fourth-order valence-electron chi connectivity index (χ4n) is 2.42. The number of rotatable bonds is 7. The van der Waals surface area contributed by atoms with Crippen LogP contribution in [0.3, 0.4) is 0 Å². The Morgan fingerprint density at radius 3 is 2.35 bits per heavy atom. The second-order valence-electron chi connectivity index (χ2n) is 7.39. The first-order valence-electron chi connectivity index (χ1n) is 9.14. The molecule has 4 N–H and O–H groups in total. The van der Waals surface area contributed by atoms with Crippen LogP contribution in [0.1, 0.15) is 72.1 Å². The molecule has 1 saturated carbocycles. The van der Waals surface area contributed by atoms with Gasteiger partial charge in [0, 0.05) is 17.5 Å². The van der Waals surface area contributed by atoms with Crippen LogP contribution in [0.4, 0.5) is 4.79 Å². The first-order chi connectivity index (χ1) is 12.2. The van der Waals surface area contributed by atoms with E-state index in [1.54, 1.807) is 20.8 Å². The zero-order valence-corrected chi connectivity index (χ0v) is 16.1. The van der Waals surface area contributed by atoms with Crippen molar-refractivity contribution in [2.75, 3.05) is 6.54 Å². The highest BCUT2D eigenvalue weighted by atomic mass is 16.6. The van der Waals surface area contributed by atoms with Crippen molar-refractivity contribution in [3.63, 3.8) is 0 Å². The highest BCUT2D eigenvalue weighted by molar-refractivity contribution is 5.79. The van der Waals surface area contributed by atoms with Gasteiger partial charge in [-0.2, -0.15) is 0 Å². The zero-order valence-electron chi connectivity index (χ0n) is 16.1. The number of aliphatic carboxylic acids is 1. The lowest BCUT2D eigenvalue weighted by Gasteiger charge is -2.21. The first-order valence-corrected chi connectivity index (χ1v) is 9.14. The molecule has 26 heavy (non-hydrogen) atoms. The summed E-state index contributed by atoms with van der Waals surface area (Å²) in [5.41, 5.74) is 13.0. The summed E-state index contributed by atoms with van der Waals surface area (Å²) in [6.45, 7) is 5.40. The van der Waals surface area contributed by atoms with Gasteiger partial charge in [0.2, 0.25) is 0 Å². The Labute approximate surface area is 155 Å². The molecular formula is C17H33N5O4. The summed E-state index contributed by atoms with van der Waals surface area (Å²) in [5.74, 6) is -1.12. The average Bonchev–Trinajstić information content (AvgIpc) is 2.53. The van der Waals surface area contributed by atoms with Gasteiger partial charge in [-0.25, -0.2) is 9.59 Å². The third-order valence-corrected chi connectivity index (χ3v) is 3.70. The van der Waals surface area contributed by atoms with Crippen LogP contribution >= 0.6 is 0 Å². The lowest BCUT2D eigenvalue weighted by molar-refractivity contribution is -0.139. The molecule has 0 aromatic rings. The molecule has 1 aliphatic rings. The highest BCUT2D eigenvalue weighted by Gasteiger charge is 2.23. The van der Waals surface area contributed by atoms with Gasteiger partial charge in [-0.15, -0.1) is 0 Å². The number of hydrogen-bond acceptors (Lipinski definition) is 5. The van der Waals surface area contributed by atoms with E-state index in [1.165, 1.54) is 32.1 Å². The van der Waals surface area contributed by atoms with E-state index in [0.29, 0.717) is 25.4 Å². The second-order valence-corrected chi connectivity index (χ2v) is 7.39. The quantitative estimate of drug-likeness (QED) is 0.269. The Bertz CT molecular complexity index is 466. The lowest BCUT2D eigenvalue weighted by Crippen LogP contribution is -2.43. The number of carboxylic acid groups (broad SMARTS) is 1. The van der Waals surface area contributed by atoms with Gasteiger partial charge in [0.15, 0.2) is 0 Å². The molecule has 9 nitrogen and oxygen atoms in total. The maximum atomic E-state index is 11.4. The molecule has 150 valence electrons. The summed E-state index contributed by atoms with van der Waals surface area (Å²) in [4.78, 5) is 25.0. The van der Waals surface area contributed by atoms with E-state index in [2.05, 4.69) is 15.3 Å². The Morgan fingerprint density at radius 2 is 1.92 bits per heavy atom. The number of alkyl carbamates (subject to hydrolysis) is 1. The lowest BCUT2D eigenvalue weighted by atomic mass is 9.97. The zero-order chi connectivity index (χ0) is 20.0. The molecule has 9 heteroatoms. The van der Waals surface area contributed by atoms with Crippen molar-refractivity contribution in [2.45, 2.75) is 89.8 Å². The van der Waals surface area contributed by atoms with Crippen LogP contribution in [0.15, 0.2) is 5.11 Å². The molecule has 0 aromatic carbocycles. The molecule has 1 amide bonds. The highest BCUT2D eigenvalue weighted by Crippen LogP contribution is 2.14. The van der Waals surface area contributed by atoms with Gasteiger partial charge in [0.05, 0.1) is 0 Å². The van der Waals surface area contributed by atoms with E-state index in [0.717, 1.165) is 0 Å². The summed E-state index contributed by atoms with van der Waals surface area (Å²) >= 11 is 0. The summed E-state index contributed by atoms with van der Waals surface area (Å²) in [7, 11) is 0. The van der Waals surface area contributed by atoms with Gasteiger partial charge >= 0.3 is 12.1 Å². The first kappa shape index (κ1) is 24.0. The molecule has 0 spiro atoms. The van der Waals surface area contributed by atoms with Crippen molar-refractivity contribution in [3.05, 3.63) is 10.4 Å². The predicted octanol–water partition coefficient (Wildman–Crippen LogP) is 3.72. The Balaban J connectivity index is 0.000000735.